The molecule has 28 heavy (non-hydrogen) atoms. The van der Waals surface area contributed by atoms with E-state index in [9.17, 15) is 24.8 Å². The number of nitrogens with one attached hydrogen (secondary N) is 2. The zero-order valence-electron chi connectivity index (χ0n) is 14.4. The highest BCUT2D eigenvalue weighted by atomic mass is 16.6. The lowest BCUT2D eigenvalue weighted by Crippen LogP contribution is -2.29. The average molecular weight is 391 g/mol. The fourth-order valence-corrected chi connectivity index (χ4v) is 2.70. The minimum absolute atomic E-state index is 0.0158. The van der Waals surface area contributed by atoms with Crippen LogP contribution in [0.2, 0.25) is 0 Å². The van der Waals surface area contributed by atoms with Crippen LogP contribution in [0.1, 0.15) is 12.6 Å². The molecule has 1 aromatic heterocycles. The highest BCUT2D eigenvalue weighted by Crippen LogP contribution is 2.27. The van der Waals surface area contributed by atoms with Crippen molar-refractivity contribution in [3.05, 3.63) is 57.1 Å². The topological polar surface area (TPSA) is 169 Å². The number of non-ortho nitro benzene ring substituents is 1. The number of ether oxygens (including phenoxy) is 1. The molecule has 0 aliphatic carbocycles. The number of aromatic nitrogens is 2. The van der Waals surface area contributed by atoms with Gasteiger partial charge >= 0.3 is 11.7 Å². The van der Waals surface area contributed by atoms with Crippen LogP contribution in [0.15, 0.2) is 41.3 Å². The molecule has 148 valence electrons. The Labute approximate surface area is 157 Å². The van der Waals surface area contributed by atoms with Crippen LogP contribution in [-0.2, 0) is 4.74 Å². The number of carbonyl (C=O) groups is 1. The zero-order valence-corrected chi connectivity index (χ0v) is 14.4. The predicted octanol–water partition coefficient (Wildman–Crippen LogP) is 0.436. The first-order valence-electron chi connectivity index (χ1n) is 8.23. The second kappa shape index (κ2) is 8.12. The summed E-state index contributed by atoms with van der Waals surface area (Å²) in [5.41, 5.74) is -0.498. The van der Waals surface area contributed by atoms with Crippen molar-refractivity contribution >= 4 is 23.2 Å². The van der Waals surface area contributed by atoms with Crippen LogP contribution < -0.4 is 16.3 Å². The number of nitro benzene ring substituents is 1. The minimum Gasteiger partial charge on any atom is -0.394 e. The van der Waals surface area contributed by atoms with Gasteiger partial charge in [0.1, 0.15) is 18.1 Å². The van der Waals surface area contributed by atoms with Gasteiger partial charge in [0, 0.05) is 30.4 Å². The maximum atomic E-state index is 12.2. The van der Waals surface area contributed by atoms with Crippen LogP contribution in [-0.4, -0.2) is 49.5 Å². The number of benzene rings is 1. The van der Waals surface area contributed by atoms with Crippen molar-refractivity contribution in [2.24, 2.45) is 0 Å². The Morgan fingerprint density at radius 2 is 2.04 bits per heavy atom. The van der Waals surface area contributed by atoms with E-state index in [1.807, 2.05) is 0 Å². The normalized spacial score (nSPS) is 21.3. The maximum Gasteiger partial charge on any atom is 0.351 e. The van der Waals surface area contributed by atoms with Gasteiger partial charge < -0.3 is 20.3 Å². The molecule has 1 fully saturated rings. The number of rotatable bonds is 5. The summed E-state index contributed by atoms with van der Waals surface area (Å²) >= 11 is 0. The summed E-state index contributed by atoms with van der Waals surface area (Å²) in [6.45, 7) is -0.373. The van der Waals surface area contributed by atoms with Gasteiger partial charge in [-0.15, -0.1) is 0 Å². The first kappa shape index (κ1) is 19.4. The van der Waals surface area contributed by atoms with Crippen LogP contribution >= 0.6 is 0 Å². The van der Waals surface area contributed by atoms with E-state index in [2.05, 4.69) is 15.6 Å². The number of amides is 2. The molecule has 0 bridgehead atoms. The van der Waals surface area contributed by atoms with E-state index in [1.54, 1.807) is 0 Å². The Kier molecular flexibility index (Phi) is 5.63. The van der Waals surface area contributed by atoms with Crippen molar-refractivity contribution < 1.29 is 24.7 Å². The van der Waals surface area contributed by atoms with Crippen molar-refractivity contribution in [2.45, 2.75) is 24.9 Å². The summed E-state index contributed by atoms with van der Waals surface area (Å²) in [4.78, 5) is 37.9. The molecule has 2 heterocycles. The van der Waals surface area contributed by atoms with Gasteiger partial charge in [-0.25, -0.2) is 9.59 Å². The lowest BCUT2D eigenvalue weighted by Gasteiger charge is -2.14. The van der Waals surface area contributed by atoms with Crippen molar-refractivity contribution in [2.75, 3.05) is 17.2 Å². The summed E-state index contributed by atoms with van der Waals surface area (Å²) in [5, 5.41) is 34.3. The quantitative estimate of drug-likeness (QED) is 0.420. The molecule has 0 saturated carbocycles. The highest BCUT2D eigenvalue weighted by Gasteiger charge is 2.34. The molecule has 1 aliphatic heterocycles. The summed E-state index contributed by atoms with van der Waals surface area (Å²) < 4.78 is 6.54. The Morgan fingerprint density at radius 1 is 1.32 bits per heavy atom. The monoisotopic (exact) mass is 391 g/mol. The Bertz CT molecular complexity index is 930. The van der Waals surface area contributed by atoms with Crippen LogP contribution in [0, 0.1) is 10.1 Å². The van der Waals surface area contributed by atoms with Gasteiger partial charge in [-0.2, -0.15) is 4.98 Å². The number of urea groups is 1. The summed E-state index contributed by atoms with van der Waals surface area (Å²) in [6.07, 6.45) is -0.960. The van der Waals surface area contributed by atoms with Gasteiger partial charge in [-0.1, -0.05) is 0 Å². The third-order valence-electron chi connectivity index (χ3n) is 4.10. The highest BCUT2D eigenvalue weighted by molar-refractivity contribution is 5.99. The van der Waals surface area contributed by atoms with E-state index in [4.69, 9.17) is 9.84 Å². The molecule has 12 heteroatoms. The first-order chi connectivity index (χ1) is 13.4. The molecule has 1 aromatic carbocycles. The van der Waals surface area contributed by atoms with Crippen LogP contribution in [0.4, 0.5) is 22.0 Å². The fraction of sp³-hybridized carbons (Fsp3) is 0.312. The number of nitrogens with zero attached hydrogens (tertiary/aromatic N) is 3. The van der Waals surface area contributed by atoms with E-state index in [-0.39, 0.29) is 24.5 Å². The molecule has 2 aromatic rings. The SMILES string of the molecule is O=C(Nc1ccc([N+](=O)[O-])cc1)Nc1ccn([C@H]2C[C@H](O)[C@@H](CO)O2)c(=O)n1. The number of aliphatic hydroxyl groups is 2. The van der Waals surface area contributed by atoms with Gasteiger partial charge in [0.05, 0.1) is 17.6 Å². The van der Waals surface area contributed by atoms with Crippen LogP contribution in [0.3, 0.4) is 0 Å². The summed E-state index contributed by atoms with van der Waals surface area (Å²) in [7, 11) is 0. The molecular formula is C16H17N5O7. The van der Waals surface area contributed by atoms with E-state index in [1.165, 1.54) is 36.5 Å². The predicted molar refractivity (Wildman–Crippen MR) is 95.9 cm³/mol. The Morgan fingerprint density at radius 3 is 2.61 bits per heavy atom. The smallest absolute Gasteiger partial charge is 0.351 e. The van der Waals surface area contributed by atoms with Crippen molar-refractivity contribution in [3.8, 4) is 0 Å². The van der Waals surface area contributed by atoms with E-state index < -0.39 is 35.1 Å². The van der Waals surface area contributed by atoms with Crippen LogP contribution in [0.5, 0.6) is 0 Å². The lowest BCUT2D eigenvalue weighted by atomic mass is 10.2. The van der Waals surface area contributed by atoms with Gasteiger partial charge in [0.15, 0.2) is 0 Å². The van der Waals surface area contributed by atoms with Crippen LogP contribution in [0.25, 0.3) is 0 Å². The minimum atomic E-state index is -0.896. The van der Waals surface area contributed by atoms with E-state index >= 15 is 0 Å². The second-order valence-corrected chi connectivity index (χ2v) is 6.00. The number of aliphatic hydroxyl groups excluding tert-OH is 2. The van der Waals surface area contributed by atoms with Gasteiger partial charge in [-0.05, 0) is 18.2 Å². The third kappa shape index (κ3) is 4.31. The molecule has 1 aliphatic rings. The number of hydrogen-bond acceptors (Lipinski definition) is 8. The maximum absolute atomic E-state index is 12.2. The number of nitro groups is 1. The van der Waals surface area contributed by atoms with Crippen molar-refractivity contribution in [1.82, 2.24) is 9.55 Å². The largest absolute Gasteiger partial charge is 0.394 e. The Hall–Kier alpha value is -3.35. The molecular weight excluding hydrogens is 374 g/mol. The summed E-state index contributed by atoms with van der Waals surface area (Å²) in [6, 6.07) is 5.90. The standard InChI is InChI=1S/C16H17N5O7/c22-8-12-11(23)7-14(28-12)20-6-5-13(19-16(20)25)18-15(24)17-9-1-3-10(4-2-9)21(26)27/h1-6,11-12,14,22-23H,7-8H2,(H2,17,18,19,24,25)/t11-,12+,14+/m0/s1. The molecule has 0 radical (unpaired) electrons. The van der Waals surface area contributed by atoms with E-state index in [0.717, 1.165) is 4.57 Å². The third-order valence-corrected chi connectivity index (χ3v) is 4.10. The molecule has 1 saturated heterocycles. The lowest BCUT2D eigenvalue weighted by molar-refractivity contribution is -0.384. The molecule has 3 atom stereocenters. The molecule has 3 rings (SSSR count). The van der Waals surface area contributed by atoms with Gasteiger partial charge in [0.25, 0.3) is 5.69 Å². The fourth-order valence-electron chi connectivity index (χ4n) is 2.70. The molecule has 0 unspecified atom stereocenters. The first-order valence-corrected chi connectivity index (χ1v) is 8.23. The molecule has 12 nitrogen and oxygen atoms in total. The number of carbonyl (C=O) groups excluding carboxylic acids is 1. The van der Waals surface area contributed by atoms with Gasteiger partial charge in [0.2, 0.25) is 0 Å². The zero-order chi connectivity index (χ0) is 20.3. The average Bonchev–Trinajstić information content (AvgIpc) is 3.02. The second-order valence-electron chi connectivity index (χ2n) is 6.00. The Balaban J connectivity index is 1.63. The molecule has 4 N–H and O–H groups in total. The van der Waals surface area contributed by atoms with E-state index in [0.29, 0.717) is 5.69 Å². The molecule has 2 amide bonds. The van der Waals surface area contributed by atoms with Crippen molar-refractivity contribution in [3.63, 3.8) is 0 Å². The molecule has 0 spiro atoms. The van der Waals surface area contributed by atoms with Gasteiger partial charge in [-0.3, -0.25) is 20.0 Å². The summed E-state index contributed by atoms with van der Waals surface area (Å²) in [5.74, 6) is -0.0158. The van der Waals surface area contributed by atoms with Crippen molar-refractivity contribution in [1.29, 1.82) is 0 Å². The number of hydrogen-bond donors (Lipinski definition) is 4. The number of anilines is 2.